The maximum Gasteiger partial charge on any atom is 0.0680 e. The summed E-state index contributed by atoms with van der Waals surface area (Å²) in [5.74, 6) is 0. The van der Waals surface area contributed by atoms with Crippen molar-refractivity contribution < 1.29 is 4.48 Å². The second kappa shape index (κ2) is 6.26. The zero-order chi connectivity index (χ0) is 9.56. The standard InChI is InChI=1S/C9H16FNS/c1-5-8(11-10)9(7(3)4)12-6-2/h6,8,11H,2,5H2,1,3-4H3. The van der Waals surface area contributed by atoms with Gasteiger partial charge < -0.3 is 0 Å². The van der Waals surface area contributed by atoms with Crippen molar-refractivity contribution in [3.05, 3.63) is 22.5 Å². The molecule has 0 spiro atoms. The van der Waals surface area contributed by atoms with E-state index in [1.165, 1.54) is 11.8 Å². The van der Waals surface area contributed by atoms with Gasteiger partial charge in [-0.2, -0.15) is 5.54 Å². The summed E-state index contributed by atoms with van der Waals surface area (Å²) in [6.45, 7) is 9.52. The van der Waals surface area contributed by atoms with Crippen LogP contribution in [0.25, 0.3) is 0 Å². The first kappa shape index (κ1) is 11.7. The van der Waals surface area contributed by atoms with Crippen molar-refractivity contribution >= 4 is 11.8 Å². The molecule has 0 amide bonds. The molecule has 0 aromatic carbocycles. The summed E-state index contributed by atoms with van der Waals surface area (Å²) in [6.07, 6.45) is 0.748. The van der Waals surface area contributed by atoms with Gasteiger partial charge in [0.1, 0.15) is 0 Å². The summed E-state index contributed by atoms with van der Waals surface area (Å²) >= 11 is 1.48. The molecule has 1 atom stereocenters. The minimum Gasteiger partial charge on any atom is -0.151 e. The van der Waals surface area contributed by atoms with Crippen molar-refractivity contribution in [3.63, 3.8) is 0 Å². The Kier molecular flexibility index (Phi) is 6.11. The molecule has 0 saturated carbocycles. The van der Waals surface area contributed by atoms with Crippen molar-refractivity contribution in [2.75, 3.05) is 0 Å². The van der Waals surface area contributed by atoms with Crippen molar-refractivity contribution in [1.29, 1.82) is 0 Å². The Hall–Kier alpha value is -0.280. The van der Waals surface area contributed by atoms with Crippen LogP contribution in [0.15, 0.2) is 22.5 Å². The van der Waals surface area contributed by atoms with Crippen LogP contribution in [0.5, 0.6) is 0 Å². The summed E-state index contributed by atoms with van der Waals surface area (Å²) in [6, 6.07) is -0.182. The van der Waals surface area contributed by atoms with Gasteiger partial charge in [-0.3, -0.25) is 0 Å². The molecule has 0 heterocycles. The first-order chi connectivity index (χ1) is 5.67. The average molecular weight is 189 g/mol. The molecule has 0 fully saturated rings. The van der Waals surface area contributed by atoms with Gasteiger partial charge in [-0.25, -0.2) is 0 Å². The number of allylic oxidation sites excluding steroid dienone is 1. The molecule has 1 unspecified atom stereocenters. The van der Waals surface area contributed by atoms with Gasteiger partial charge in [0.25, 0.3) is 0 Å². The molecular formula is C9H16FNS. The lowest BCUT2D eigenvalue weighted by molar-refractivity contribution is 0.292. The average Bonchev–Trinajstić information content (AvgIpc) is 2.05. The third-order valence-electron chi connectivity index (χ3n) is 1.56. The lowest BCUT2D eigenvalue weighted by atomic mass is 10.1. The quantitative estimate of drug-likeness (QED) is 0.665. The molecule has 70 valence electrons. The molecule has 0 rings (SSSR count). The van der Waals surface area contributed by atoms with E-state index in [1.807, 2.05) is 20.8 Å². The van der Waals surface area contributed by atoms with Gasteiger partial charge in [0.05, 0.1) is 6.04 Å². The molecule has 0 aromatic heterocycles. The van der Waals surface area contributed by atoms with Gasteiger partial charge in [0, 0.05) is 4.91 Å². The highest BCUT2D eigenvalue weighted by atomic mass is 32.2. The predicted octanol–water partition coefficient (Wildman–Crippen LogP) is 3.41. The van der Waals surface area contributed by atoms with E-state index in [0.29, 0.717) is 0 Å². The normalized spacial score (nSPS) is 12.3. The first-order valence-electron chi connectivity index (χ1n) is 3.98. The lowest BCUT2D eigenvalue weighted by Gasteiger charge is -2.15. The molecule has 0 bridgehead atoms. The number of thioether (sulfide) groups is 1. The minimum atomic E-state index is -0.182. The first-order valence-corrected chi connectivity index (χ1v) is 4.86. The molecule has 3 heteroatoms. The minimum absolute atomic E-state index is 0.182. The van der Waals surface area contributed by atoms with Crippen LogP contribution in [0.3, 0.4) is 0 Å². The van der Waals surface area contributed by atoms with E-state index >= 15 is 0 Å². The molecule has 0 saturated heterocycles. The van der Waals surface area contributed by atoms with Crippen LogP contribution in [-0.4, -0.2) is 6.04 Å². The SMILES string of the molecule is C=CSC(=C(C)C)C(CC)NF. The van der Waals surface area contributed by atoms with E-state index in [4.69, 9.17) is 0 Å². The Morgan fingerprint density at radius 2 is 2.25 bits per heavy atom. The van der Waals surface area contributed by atoms with E-state index in [1.54, 1.807) is 10.9 Å². The number of hydrogen-bond donors (Lipinski definition) is 1. The van der Waals surface area contributed by atoms with Crippen LogP contribution in [0.1, 0.15) is 27.2 Å². The van der Waals surface area contributed by atoms with Crippen molar-refractivity contribution in [1.82, 2.24) is 5.54 Å². The second-order valence-electron chi connectivity index (χ2n) is 2.72. The maximum absolute atomic E-state index is 12.3. The van der Waals surface area contributed by atoms with Crippen LogP contribution in [0.4, 0.5) is 4.48 Å². The highest BCUT2D eigenvalue weighted by Gasteiger charge is 2.12. The Morgan fingerprint density at radius 3 is 2.50 bits per heavy atom. The Morgan fingerprint density at radius 1 is 1.67 bits per heavy atom. The topological polar surface area (TPSA) is 12.0 Å². The van der Waals surface area contributed by atoms with Crippen LogP contribution in [0, 0.1) is 0 Å². The summed E-state index contributed by atoms with van der Waals surface area (Å²) in [5.41, 5.74) is 2.93. The molecule has 1 N–H and O–H groups in total. The fourth-order valence-corrected chi connectivity index (χ4v) is 1.74. The smallest absolute Gasteiger partial charge is 0.0680 e. The van der Waals surface area contributed by atoms with Crippen LogP contribution >= 0.6 is 11.8 Å². The monoisotopic (exact) mass is 189 g/mol. The van der Waals surface area contributed by atoms with Gasteiger partial charge in [-0.05, 0) is 25.7 Å². The van der Waals surface area contributed by atoms with Gasteiger partial charge in [-0.15, -0.1) is 16.2 Å². The zero-order valence-electron chi connectivity index (χ0n) is 7.86. The van der Waals surface area contributed by atoms with E-state index < -0.39 is 0 Å². The summed E-state index contributed by atoms with van der Waals surface area (Å²) < 4.78 is 12.3. The predicted molar refractivity (Wildman–Crippen MR) is 54.5 cm³/mol. The van der Waals surface area contributed by atoms with Crippen LogP contribution in [0.2, 0.25) is 0 Å². The van der Waals surface area contributed by atoms with Crippen molar-refractivity contribution in [2.45, 2.75) is 33.2 Å². The number of hydrogen-bond acceptors (Lipinski definition) is 2. The largest absolute Gasteiger partial charge is 0.151 e. The second-order valence-corrected chi connectivity index (χ2v) is 3.73. The molecule has 1 nitrogen and oxygen atoms in total. The lowest BCUT2D eigenvalue weighted by Crippen LogP contribution is -2.22. The highest BCUT2D eigenvalue weighted by molar-refractivity contribution is 8.05. The fourth-order valence-electron chi connectivity index (χ4n) is 0.950. The van der Waals surface area contributed by atoms with E-state index in [-0.39, 0.29) is 6.04 Å². The molecule has 0 aliphatic heterocycles. The van der Waals surface area contributed by atoms with Gasteiger partial charge >= 0.3 is 0 Å². The number of halogens is 1. The fraction of sp³-hybridized carbons (Fsp3) is 0.556. The molecule has 0 aromatic rings. The summed E-state index contributed by atoms with van der Waals surface area (Å²) in [5, 5.41) is 1.72. The van der Waals surface area contributed by atoms with Gasteiger partial charge in [0.15, 0.2) is 0 Å². The Bertz CT molecular complexity index is 169. The van der Waals surface area contributed by atoms with Gasteiger partial charge in [0.2, 0.25) is 0 Å². The highest BCUT2D eigenvalue weighted by Crippen LogP contribution is 2.25. The van der Waals surface area contributed by atoms with E-state index in [0.717, 1.165) is 16.9 Å². The Balaban J connectivity index is 4.48. The molecule has 0 aliphatic carbocycles. The zero-order valence-corrected chi connectivity index (χ0v) is 8.67. The molecule has 0 aliphatic rings. The van der Waals surface area contributed by atoms with Crippen molar-refractivity contribution in [3.8, 4) is 0 Å². The third-order valence-corrected chi connectivity index (χ3v) is 2.67. The summed E-state index contributed by atoms with van der Waals surface area (Å²) in [4.78, 5) is 1.02. The third kappa shape index (κ3) is 3.41. The molecule has 0 radical (unpaired) electrons. The van der Waals surface area contributed by atoms with E-state index in [2.05, 4.69) is 6.58 Å². The molecule has 12 heavy (non-hydrogen) atoms. The number of rotatable bonds is 5. The molecular weight excluding hydrogens is 173 g/mol. The van der Waals surface area contributed by atoms with Crippen molar-refractivity contribution in [2.24, 2.45) is 0 Å². The maximum atomic E-state index is 12.3. The summed E-state index contributed by atoms with van der Waals surface area (Å²) in [7, 11) is 0. The Labute approximate surface area is 78.1 Å². The van der Waals surface area contributed by atoms with Crippen LogP contribution < -0.4 is 5.54 Å². The van der Waals surface area contributed by atoms with E-state index in [9.17, 15) is 4.48 Å². The van der Waals surface area contributed by atoms with Gasteiger partial charge in [-0.1, -0.05) is 19.1 Å². The number of nitrogens with one attached hydrogen (secondary N) is 1. The van der Waals surface area contributed by atoms with Crippen LogP contribution in [-0.2, 0) is 0 Å².